The number of aliphatic carboxylic acids is 1. The van der Waals surface area contributed by atoms with Crippen LogP contribution in [0.4, 0.5) is 0 Å². The van der Waals surface area contributed by atoms with Crippen molar-refractivity contribution in [2.24, 2.45) is 0 Å². The number of carboxylic acid groups (broad SMARTS) is 1. The standard InChI is InChI=1S/C12H17NO3/c1-9(6-5-7-13(3)4)8-11(10(2)14)12(15)16/h5-8H,1-4H3,(H,15,16). The largest absolute Gasteiger partial charge is 0.478 e. The zero-order valence-electron chi connectivity index (χ0n) is 10.0. The molecule has 0 atom stereocenters. The summed E-state index contributed by atoms with van der Waals surface area (Å²) in [6.45, 7) is 2.98. The molecule has 0 fully saturated rings. The van der Waals surface area contributed by atoms with E-state index in [2.05, 4.69) is 0 Å². The van der Waals surface area contributed by atoms with Gasteiger partial charge in [0, 0.05) is 14.1 Å². The Bertz CT molecular complexity index is 346. The molecule has 0 unspecified atom stereocenters. The molecule has 0 aromatic heterocycles. The van der Waals surface area contributed by atoms with Crippen molar-refractivity contribution in [1.82, 2.24) is 4.90 Å². The van der Waals surface area contributed by atoms with E-state index in [0.717, 1.165) is 0 Å². The van der Waals surface area contributed by atoms with Crippen molar-refractivity contribution in [2.45, 2.75) is 13.8 Å². The normalized spacial score (nSPS) is 13.0. The molecule has 0 aromatic rings. The minimum atomic E-state index is -1.20. The van der Waals surface area contributed by atoms with E-state index in [9.17, 15) is 9.59 Å². The lowest BCUT2D eigenvalue weighted by Crippen LogP contribution is -2.08. The average molecular weight is 223 g/mol. The Hall–Kier alpha value is -1.84. The third kappa shape index (κ3) is 5.80. The van der Waals surface area contributed by atoms with Gasteiger partial charge in [-0.15, -0.1) is 0 Å². The molecule has 0 rings (SSSR count). The molecule has 16 heavy (non-hydrogen) atoms. The van der Waals surface area contributed by atoms with E-state index in [4.69, 9.17) is 5.11 Å². The molecule has 0 saturated carbocycles. The summed E-state index contributed by atoms with van der Waals surface area (Å²) in [7, 11) is 3.77. The number of hydrogen-bond donors (Lipinski definition) is 1. The highest BCUT2D eigenvalue weighted by Crippen LogP contribution is 2.04. The van der Waals surface area contributed by atoms with Crippen LogP contribution >= 0.6 is 0 Å². The van der Waals surface area contributed by atoms with Gasteiger partial charge in [0.1, 0.15) is 5.57 Å². The van der Waals surface area contributed by atoms with Crippen LogP contribution < -0.4 is 0 Å². The van der Waals surface area contributed by atoms with Gasteiger partial charge in [0.15, 0.2) is 5.78 Å². The van der Waals surface area contributed by atoms with Gasteiger partial charge in [-0.05, 0) is 32.2 Å². The molecule has 0 amide bonds. The van der Waals surface area contributed by atoms with Crippen molar-refractivity contribution in [3.63, 3.8) is 0 Å². The SMILES string of the molecule is CC(=O)C(=CC(C)=CC=CN(C)C)C(=O)O. The molecule has 0 bridgehead atoms. The van der Waals surface area contributed by atoms with E-state index in [0.29, 0.717) is 5.57 Å². The third-order valence-electron chi connectivity index (χ3n) is 1.73. The Morgan fingerprint density at radius 3 is 2.12 bits per heavy atom. The Kier molecular flexibility index (Phi) is 5.85. The quantitative estimate of drug-likeness (QED) is 0.333. The van der Waals surface area contributed by atoms with Gasteiger partial charge in [-0.25, -0.2) is 4.79 Å². The summed E-state index contributed by atoms with van der Waals surface area (Å²) < 4.78 is 0. The van der Waals surface area contributed by atoms with Gasteiger partial charge >= 0.3 is 5.97 Å². The number of carboxylic acids is 1. The van der Waals surface area contributed by atoms with Crippen molar-refractivity contribution in [3.8, 4) is 0 Å². The van der Waals surface area contributed by atoms with E-state index >= 15 is 0 Å². The predicted octanol–water partition coefficient (Wildman–Crippen LogP) is 1.61. The maximum atomic E-state index is 11.0. The summed E-state index contributed by atoms with van der Waals surface area (Å²) >= 11 is 0. The van der Waals surface area contributed by atoms with Crippen molar-refractivity contribution >= 4 is 11.8 Å². The number of carbonyl (C=O) groups is 2. The first-order valence-electron chi connectivity index (χ1n) is 4.82. The minimum absolute atomic E-state index is 0.202. The first-order valence-corrected chi connectivity index (χ1v) is 4.82. The average Bonchev–Trinajstić information content (AvgIpc) is 2.12. The van der Waals surface area contributed by atoms with E-state index in [1.54, 1.807) is 19.1 Å². The molecule has 0 heterocycles. The molecule has 0 aromatic carbocycles. The molecule has 1 N–H and O–H groups in total. The third-order valence-corrected chi connectivity index (χ3v) is 1.73. The second kappa shape index (κ2) is 6.61. The Morgan fingerprint density at radius 2 is 1.75 bits per heavy atom. The zero-order valence-corrected chi connectivity index (χ0v) is 10.0. The van der Waals surface area contributed by atoms with Crippen molar-refractivity contribution < 1.29 is 14.7 Å². The van der Waals surface area contributed by atoms with Gasteiger partial charge in [-0.1, -0.05) is 11.6 Å². The van der Waals surface area contributed by atoms with E-state index in [-0.39, 0.29) is 5.57 Å². The highest BCUT2D eigenvalue weighted by molar-refractivity contribution is 6.15. The number of rotatable bonds is 5. The Morgan fingerprint density at radius 1 is 1.19 bits per heavy atom. The van der Waals surface area contributed by atoms with Gasteiger partial charge in [0.2, 0.25) is 0 Å². The van der Waals surface area contributed by atoms with Gasteiger partial charge in [-0.3, -0.25) is 4.79 Å². The van der Waals surface area contributed by atoms with Crippen LogP contribution in [0.3, 0.4) is 0 Å². The van der Waals surface area contributed by atoms with Gasteiger partial charge in [0.25, 0.3) is 0 Å². The molecule has 4 heteroatoms. The van der Waals surface area contributed by atoms with Crippen LogP contribution in [0.2, 0.25) is 0 Å². The first kappa shape index (κ1) is 14.2. The van der Waals surface area contributed by atoms with Crippen molar-refractivity contribution in [2.75, 3.05) is 14.1 Å². The first-order chi connectivity index (χ1) is 7.34. The van der Waals surface area contributed by atoms with Crippen LogP contribution in [0.15, 0.2) is 35.6 Å². The lowest BCUT2D eigenvalue weighted by Gasteiger charge is -2.01. The van der Waals surface area contributed by atoms with Crippen LogP contribution in [-0.4, -0.2) is 35.9 Å². The van der Waals surface area contributed by atoms with Crippen LogP contribution in [0.1, 0.15) is 13.8 Å². The highest BCUT2D eigenvalue weighted by atomic mass is 16.4. The van der Waals surface area contributed by atoms with Gasteiger partial charge in [0.05, 0.1) is 0 Å². The molecule has 0 spiro atoms. The summed E-state index contributed by atoms with van der Waals surface area (Å²) in [5.74, 6) is -1.64. The number of hydrogen-bond acceptors (Lipinski definition) is 3. The zero-order chi connectivity index (χ0) is 12.7. The second-order valence-corrected chi connectivity index (χ2v) is 3.64. The van der Waals surface area contributed by atoms with E-state index in [1.807, 2.05) is 25.2 Å². The number of ketones is 1. The molecule has 0 saturated heterocycles. The predicted molar refractivity (Wildman–Crippen MR) is 63.0 cm³/mol. The highest BCUT2D eigenvalue weighted by Gasteiger charge is 2.11. The van der Waals surface area contributed by atoms with Crippen molar-refractivity contribution in [1.29, 1.82) is 0 Å². The minimum Gasteiger partial charge on any atom is -0.478 e. The molecule has 88 valence electrons. The second-order valence-electron chi connectivity index (χ2n) is 3.64. The fraction of sp³-hybridized carbons (Fsp3) is 0.333. The topological polar surface area (TPSA) is 57.6 Å². The van der Waals surface area contributed by atoms with E-state index in [1.165, 1.54) is 13.0 Å². The Labute approximate surface area is 95.6 Å². The van der Waals surface area contributed by atoms with Crippen LogP contribution in [-0.2, 0) is 9.59 Å². The molecule has 0 aliphatic rings. The smallest absolute Gasteiger partial charge is 0.339 e. The molecular formula is C12H17NO3. The van der Waals surface area contributed by atoms with Crippen molar-refractivity contribution in [3.05, 3.63) is 35.6 Å². The Balaban J connectivity index is 4.85. The lowest BCUT2D eigenvalue weighted by molar-refractivity contribution is -0.134. The lowest BCUT2D eigenvalue weighted by atomic mass is 10.1. The molecule has 0 aliphatic carbocycles. The van der Waals surface area contributed by atoms with Crippen LogP contribution in [0.25, 0.3) is 0 Å². The number of carbonyl (C=O) groups excluding carboxylic acids is 1. The fourth-order valence-corrected chi connectivity index (χ4v) is 0.957. The summed E-state index contributed by atoms with van der Waals surface area (Å²) in [5, 5.41) is 8.76. The van der Waals surface area contributed by atoms with Crippen LogP contribution in [0.5, 0.6) is 0 Å². The van der Waals surface area contributed by atoms with Gasteiger partial charge in [-0.2, -0.15) is 0 Å². The summed E-state index contributed by atoms with van der Waals surface area (Å²) in [6, 6.07) is 0. The molecular weight excluding hydrogens is 206 g/mol. The summed E-state index contributed by atoms with van der Waals surface area (Å²) in [5.41, 5.74) is 0.512. The van der Waals surface area contributed by atoms with Gasteiger partial charge < -0.3 is 10.0 Å². The maximum Gasteiger partial charge on any atom is 0.339 e. The molecule has 0 aliphatic heterocycles. The number of allylic oxidation sites excluding steroid dienone is 4. The maximum absolute atomic E-state index is 11.0. The fourth-order valence-electron chi connectivity index (χ4n) is 0.957. The molecule has 0 radical (unpaired) electrons. The number of nitrogens with zero attached hydrogens (tertiary/aromatic N) is 1. The molecule has 4 nitrogen and oxygen atoms in total. The number of Topliss-reactive ketones (excluding diaryl/α,β-unsaturated/α-hetero) is 1. The van der Waals surface area contributed by atoms with Crippen LogP contribution in [0, 0.1) is 0 Å². The monoisotopic (exact) mass is 223 g/mol. The van der Waals surface area contributed by atoms with E-state index < -0.39 is 11.8 Å². The summed E-state index contributed by atoms with van der Waals surface area (Å²) in [6.07, 6.45) is 6.72. The summed E-state index contributed by atoms with van der Waals surface area (Å²) in [4.78, 5) is 23.6.